The molecule has 0 radical (unpaired) electrons. The molecule has 0 spiro atoms. The van der Waals surface area contributed by atoms with Crippen molar-refractivity contribution in [3.63, 3.8) is 0 Å². The fraction of sp³-hybridized carbons (Fsp3) is 0.467. The molecule has 3 unspecified atom stereocenters. The zero-order valence-electron chi connectivity index (χ0n) is 12.6. The third kappa shape index (κ3) is 3.13. The van der Waals surface area contributed by atoms with Crippen LogP contribution in [0.4, 0.5) is 4.39 Å². The minimum Gasteiger partial charge on any atom is -0.493 e. The molecule has 22 heavy (non-hydrogen) atoms. The van der Waals surface area contributed by atoms with E-state index in [-0.39, 0.29) is 17.2 Å². The number of benzene rings is 1. The number of hydrogen-bond acceptors (Lipinski definition) is 4. The van der Waals surface area contributed by atoms with E-state index in [4.69, 9.17) is 14.6 Å². The Morgan fingerprint density at radius 1 is 1.27 bits per heavy atom. The predicted molar refractivity (Wildman–Crippen MR) is 75.3 cm³/mol. The quantitative estimate of drug-likeness (QED) is 0.836. The summed E-state index contributed by atoms with van der Waals surface area (Å²) >= 11 is 0. The van der Waals surface area contributed by atoms with Gasteiger partial charge in [0.15, 0.2) is 11.5 Å². The summed E-state index contributed by atoms with van der Waals surface area (Å²) in [6.07, 6.45) is 0.322. The van der Waals surface area contributed by atoms with E-state index < -0.39 is 29.7 Å². The third-order valence-electron chi connectivity index (χ3n) is 3.77. The van der Waals surface area contributed by atoms with Gasteiger partial charge in [-0.15, -0.1) is 0 Å². The summed E-state index contributed by atoms with van der Waals surface area (Å²) < 4.78 is 24.2. The van der Waals surface area contributed by atoms with Gasteiger partial charge < -0.3 is 19.9 Å². The van der Waals surface area contributed by atoms with E-state index in [2.05, 4.69) is 5.32 Å². The van der Waals surface area contributed by atoms with Crippen molar-refractivity contribution in [2.24, 2.45) is 11.8 Å². The maximum atomic E-state index is 14.1. The maximum Gasteiger partial charge on any atom is 0.307 e. The van der Waals surface area contributed by atoms with Gasteiger partial charge in [0.05, 0.1) is 32.1 Å². The maximum absolute atomic E-state index is 14.1. The molecule has 1 amide bonds. The summed E-state index contributed by atoms with van der Waals surface area (Å²) in [6, 6.07) is 2.04. The molecule has 0 aromatic heterocycles. The van der Waals surface area contributed by atoms with Crippen molar-refractivity contribution in [3.8, 4) is 11.5 Å². The molecule has 7 heteroatoms. The van der Waals surface area contributed by atoms with Crippen LogP contribution in [0.1, 0.15) is 24.9 Å². The number of carbonyl (C=O) groups excluding carboxylic acids is 1. The summed E-state index contributed by atoms with van der Waals surface area (Å²) in [6.45, 7) is 1.63. The Hall–Kier alpha value is -2.31. The lowest BCUT2D eigenvalue weighted by Crippen LogP contribution is -2.29. The van der Waals surface area contributed by atoms with Crippen LogP contribution in [0.3, 0.4) is 0 Å². The fourth-order valence-electron chi connectivity index (χ4n) is 2.36. The lowest BCUT2D eigenvalue weighted by atomic mass is 10.1. The smallest absolute Gasteiger partial charge is 0.307 e. The van der Waals surface area contributed by atoms with E-state index in [9.17, 15) is 14.0 Å². The van der Waals surface area contributed by atoms with Crippen LogP contribution < -0.4 is 14.8 Å². The first kappa shape index (κ1) is 16.1. The van der Waals surface area contributed by atoms with Crippen LogP contribution in [0, 0.1) is 17.7 Å². The van der Waals surface area contributed by atoms with Gasteiger partial charge in [0.1, 0.15) is 5.82 Å². The molecule has 1 aliphatic rings. The van der Waals surface area contributed by atoms with Crippen LogP contribution >= 0.6 is 0 Å². The lowest BCUT2D eigenvalue weighted by Gasteiger charge is -2.17. The normalized spacial score (nSPS) is 20.9. The van der Waals surface area contributed by atoms with Gasteiger partial charge >= 0.3 is 5.97 Å². The number of amides is 1. The van der Waals surface area contributed by atoms with Crippen molar-refractivity contribution in [3.05, 3.63) is 23.5 Å². The first-order chi connectivity index (χ1) is 10.4. The highest BCUT2D eigenvalue weighted by Gasteiger charge is 2.48. The predicted octanol–water partition coefficient (Wildman–Crippen LogP) is 1.74. The molecule has 0 saturated heterocycles. The van der Waals surface area contributed by atoms with E-state index in [1.165, 1.54) is 26.4 Å². The molecular weight excluding hydrogens is 293 g/mol. The standard InChI is InChI=1S/C15H18FNO5/c1-7(17-14(18)9-4-10(9)15(19)20)8-5-12(21-2)13(22-3)6-11(8)16/h5-7,9-10H,4H2,1-3H3,(H,17,18)(H,19,20). The molecule has 1 fully saturated rings. The number of aliphatic carboxylic acids is 1. The van der Waals surface area contributed by atoms with Crippen LogP contribution in [-0.2, 0) is 9.59 Å². The van der Waals surface area contributed by atoms with E-state index in [0.29, 0.717) is 12.2 Å². The van der Waals surface area contributed by atoms with Crippen LogP contribution in [-0.4, -0.2) is 31.2 Å². The summed E-state index contributed by atoms with van der Waals surface area (Å²) in [5.74, 6) is -2.45. The highest BCUT2D eigenvalue weighted by atomic mass is 19.1. The average molecular weight is 311 g/mol. The molecule has 1 aliphatic carbocycles. The van der Waals surface area contributed by atoms with Gasteiger partial charge in [0, 0.05) is 11.6 Å². The molecule has 1 saturated carbocycles. The number of nitrogens with one attached hydrogen (secondary N) is 1. The van der Waals surface area contributed by atoms with E-state index >= 15 is 0 Å². The van der Waals surface area contributed by atoms with Gasteiger partial charge in [-0.1, -0.05) is 0 Å². The number of methoxy groups -OCH3 is 2. The van der Waals surface area contributed by atoms with Crippen LogP contribution in [0.2, 0.25) is 0 Å². The number of rotatable bonds is 6. The second kappa shape index (κ2) is 6.21. The van der Waals surface area contributed by atoms with E-state index in [0.717, 1.165) is 0 Å². The second-order valence-corrected chi connectivity index (χ2v) is 5.25. The molecule has 6 nitrogen and oxygen atoms in total. The Morgan fingerprint density at radius 3 is 2.36 bits per heavy atom. The second-order valence-electron chi connectivity index (χ2n) is 5.25. The van der Waals surface area contributed by atoms with Crippen molar-refractivity contribution in [1.29, 1.82) is 0 Å². The number of hydrogen-bond donors (Lipinski definition) is 2. The van der Waals surface area contributed by atoms with Crippen LogP contribution in [0.5, 0.6) is 11.5 Å². The third-order valence-corrected chi connectivity index (χ3v) is 3.77. The van der Waals surface area contributed by atoms with Crippen molar-refractivity contribution < 1.29 is 28.6 Å². The molecular formula is C15H18FNO5. The van der Waals surface area contributed by atoms with Gasteiger partial charge in [-0.05, 0) is 19.4 Å². The highest BCUT2D eigenvalue weighted by molar-refractivity contribution is 5.89. The minimum atomic E-state index is -0.981. The monoisotopic (exact) mass is 311 g/mol. The number of halogens is 1. The van der Waals surface area contributed by atoms with Crippen LogP contribution in [0.15, 0.2) is 12.1 Å². The molecule has 2 rings (SSSR count). The zero-order valence-corrected chi connectivity index (χ0v) is 12.6. The van der Waals surface area contributed by atoms with Gasteiger partial charge in [0.25, 0.3) is 0 Å². The summed E-state index contributed by atoms with van der Waals surface area (Å²) in [4.78, 5) is 22.7. The summed E-state index contributed by atoms with van der Waals surface area (Å²) in [7, 11) is 2.84. The molecule has 0 aliphatic heterocycles. The van der Waals surface area contributed by atoms with Crippen molar-refractivity contribution in [2.45, 2.75) is 19.4 Å². The minimum absolute atomic E-state index is 0.249. The highest BCUT2D eigenvalue weighted by Crippen LogP contribution is 2.39. The average Bonchev–Trinajstić information content (AvgIpc) is 3.27. The molecule has 120 valence electrons. The van der Waals surface area contributed by atoms with Crippen LogP contribution in [0.25, 0.3) is 0 Å². The zero-order chi connectivity index (χ0) is 16.4. The van der Waals surface area contributed by atoms with Gasteiger partial charge in [-0.3, -0.25) is 9.59 Å². The SMILES string of the molecule is COc1cc(F)c(C(C)NC(=O)C2CC2C(=O)O)cc1OC. The molecule has 3 atom stereocenters. The number of ether oxygens (including phenoxy) is 2. The van der Waals surface area contributed by atoms with Gasteiger partial charge in [0.2, 0.25) is 5.91 Å². The van der Waals surface area contributed by atoms with Crippen molar-refractivity contribution in [2.75, 3.05) is 14.2 Å². The summed E-state index contributed by atoms with van der Waals surface area (Å²) in [5.41, 5.74) is 0.249. The number of carboxylic acids is 1. The van der Waals surface area contributed by atoms with E-state index in [1.807, 2.05) is 0 Å². The topological polar surface area (TPSA) is 84.9 Å². The fourth-order valence-corrected chi connectivity index (χ4v) is 2.36. The molecule has 1 aromatic rings. The Labute approximate surface area is 127 Å². The van der Waals surface area contributed by atoms with Crippen molar-refractivity contribution >= 4 is 11.9 Å². The molecule has 2 N–H and O–H groups in total. The Kier molecular flexibility index (Phi) is 4.54. The van der Waals surface area contributed by atoms with Gasteiger partial charge in [-0.25, -0.2) is 4.39 Å². The Morgan fingerprint density at radius 2 is 1.86 bits per heavy atom. The molecule has 1 aromatic carbocycles. The first-order valence-corrected chi connectivity index (χ1v) is 6.83. The molecule has 0 bridgehead atoms. The first-order valence-electron chi connectivity index (χ1n) is 6.83. The van der Waals surface area contributed by atoms with Crippen molar-refractivity contribution in [1.82, 2.24) is 5.32 Å². The Bertz CT molecular complexity index is 604. The summed E-state index contributed by atoms with van der Waals surface area (Å²) in [5, 5.41) is 11.5. The van der Waals surface area contributed by atoms with E-state index in [1.54, 1.807) is 6.92 Å². The largest absolute Gasteiger partial charge is 0.493 e. The number of carbonyl (C=O) groups is 2. The van der Waals surface area contributed by atoms with Gasteiger partial charge in [-0.2, -0.15) is 0 Å². The number of carboxylic acid groups (broad SMARTS) is 1. The molecule has 0 heterocycles. The Balaban J connectivity index is 2.11. The lowest BCUT2D eigenvalue weighted by molar-refractivity contribution is -0.140.